The molecule has 0 aromatic rings. The van der Waals surface area contributed by atoms with Crippen LogP contribution in [0.25, 0.3) is 0 Å². The summed E-state index contributed by atoms with van der Waals surface area (Å²) in [5, 5.41) is 23.0. The molecular formula is C51H91NO3. The number of amides is 1. The van der Waals surface area contributed by atoms with Gasteiger partial charge in [-0.15, -0.1) is 0 Å². The van der Waals surface area contributed by atoms with Gasteiger partial charge in [0.15, 0.2) is 0 Å². The SMILES string of the molecule is CC/C=C\C/C=C\C/C=C\C/C=C\CCCCCCCCCCCCC(=O)NC(CO)C(O)/C=C/CC/C=C/CCCCCCCCCCCCCCCC. The summed E-state index contributed by atoms with van der Waals surface area (Å²) in [5.74, 6) is -0.0804. The van der Waals surface area contributed by atoms with Crippen molar-refractivity contribution in [3.05, 3.63) is 72.9 Å². The normalized spacial score (nSPS) is 13.6. The summed E-state index contributed by atoms with van der Waals surface area (Å²) >= 11 is 0. The zero-order chi connectivity index (χ0) is 40.0. The third-order valence-electron chi connectivity index (χ3n) is 10.4. The van der Waals surface area contributed by atoms with Crippen molar-refractivity contribution in [2.24, 2.45) is 0 Å². The lowest BCUT2D eigenvalue weighted by molar-refractivity contribution is -0.123. The summed E-state index contributed by atoms with van der Waals surface area (Å²) in [5.41, 5.74) is 0. The average Bonchev–Trinajstić information content (AvgIpc) is 3.19. The van der Waals surface area contributed by atoms with E-state index in [1.54, 1.807) is 6.08 Å². The van der Waals surface area contributed by atoms with E-state index in [0.717, 1.165) is 57.8 Å². The van der Waals surface area contributed by atoms with Gasteiger partial charge >= 0.3 is 0 Å². The highest BCUT2D eigenvalue weighted by Gasteiger charge is 2.17. The second-order valence-corrected chi connectivity index (χ2v) is 15.8. The van der Waals surface area contributed by atoms with Gasteiger partial charge in [-0.25, -0.2) is 0 Å². The number of unbranched alkanes of at least 4 members (excludes halogenated alkanes) is 25. The van der Waals surface area contributed by atoms with Crippen molar-refractivity contribution in [2.45, 2.75) is 238 Å². The number of nitrogens with one attached hydrogen (secondary N) is 1. The minimum absolute atomic E-state index is 0.0804. The molecule has 0 rings (SSSR count). The van der Waals surface area contributed by atoms with E-state index in [2.05, 4.69) is 79.9 Å². The van der Waals surface area contributed by atoms with Crippen LogP contribution in [0.1, 0.15) is 226 Å². The number of aliphatic hydroxyl groups excluding tert-OH is 2. The molecule has 2 unspecified atom stereocenters. The van der Waals surface area contributed by atoms with Crippen molar-refractivity contribution in [1.82, 2.24) is 5.32 Å². The Morgan fingerprint density at radius 1 is 0.455 bits per heavy atom. The van der Waals surface area contributed by atoms with Crippen molar-refractivity contribution >= 4 is 5.91 Å². The Balaban J connectivity index is 3.61. The average molecular weight is 766 g/mol. The van der Waals surface area contributed by atoms with Crippen molar-refractivity contribution in [2.75, 3.05) is 6.61 Å². The molecule has 0 heterocycles. The minimum Gasteiger partial charge on any atom is -0.394 e. The first-order chi connectivity index (χ1) is 27.2. The molecule has 3 N–H and O–H groups in total. The lowest BCUT2D eigenvalue weighted by atomic mass is 10.0. The number of rotatable bonds is 42. The van der Waals surface area contributed by atoms with Gasteiger partial charge in [-0.05, 0) is 70.6 Å². The van der Waals surface area contributed by atoms with Crippen molar-refractivity contribution in [3.63, 3.8) is 0 Å². The van der Waals surface area contributed by atoms with E-state index < -0.39 is 12.1 Å². The van der Waals surface area contributed by atoms with Crippen LogP contribution in [0.4, 0.5) is 0 Å². The van der Waals surface area contributed by atoms with Gasteiger partial charge in [-0.3, -0.25) is 4.79 Å². The van der Waals surface area contributed by atoms with E-state index in [9.17, 15) is 15.0 Å². The smallest absolute Gasteiger partial charge is 0.220 e. The molecule has 0 aromatic heterocycles. The molecule has 0 aliphatic heterocycles. The van der Waals surface area contributed by atoms with Crippen LogP contribution in [0.2, 0.25) is 0 Å². The van der Waals surface area contributed by atoms with Gasteiger partial charge in [0.25, 0.3) is 0 Å². The fraction of sp³-hybridized carbons (Fsp3) is 0.745. The number of allylic oxidation sites excluding steroid dienone is 11. The fourth-order valence-electron chi connectivity index (χ4n) is 6.83. The second kappa shape index (κ2) is 46.2. The number of hydrogen-bond acceptors (Lipinski definition) is 3. The predicted molar refractivity (Wildman–Crippen MR) is 244 cm³/mol. The topological polar surface area (TPSA) is 69.6 Å². The molecule has 0 bridgehead atoms. The molecule has 0 spiro atoms. The van der Waals surface area contributed by atoms with Crippen molar-refractivity contribution in [1.29, 1.82) is 0 Å². The zero-order valence-electron chi connectivity index (χ0n) is 36.4. The summed E-state index contributed by atoms with van der Waals surface area (Å²) in [6.07, 6.45) is 65.9. The Kier molecular flexibility index (Phi) is 44.4. The Hall–Kier alpha value is -2.17. The summed E-state index contributed by atoms with van der Waals surface area (Å²) in [7, 11) is 0. The molecule has 0 aliphatic carbocycles. The number of carbonyl (C=O) groups is 1. The molecule has 4 nitrogen and oxygen atoms in total. The van der Waals surface area contributed by atoms with Crippen LogP contribution < -0.4 is 5.32 Å². The molecule has 2 atom stereocenters. The highest BCUT2D eigenvalue weighted by atomic mass is 16.3. The van der Waals surface area contributed by atoms with Crippen molar-refractivity contribution in [3.8, 4) is 0 Å². The van der Waals surface area contributed by atoms with Crippen molar-refractivity contribution < 1.29 is 15.0 Å². The molecule has 0 radical (unpaired) electrons. The minimum atomic E-state index is -0.867. The number of carbonyl (C=O) groups excluding carboxylic acids is 1. The molecule has 4 heteroatoms. The molecule has 55 heavy (non-hydrogen) atoms. The van der Waals surface area contributed by atoms with Crippen LogP contribution in [-0.2, 0) is 4.79 Å². The maximum absolute atomic E-state index is 12.4. The lowest BCUT2D eigenvalue weighted by Gasteiger charge is -2.19. The Bertz CT molecular complexity index is 961. The summed E-state index contributed by atoms with van der Waals surface area (Å²) in [4.78, 5) is 12.4. The van der Waals surface area contributed by atoms with E-state index >= 15 is 0 Å². The Labute approximate surface area is 342 Å². The first-order valence-corrected chi connectivity index (χ1v) is 23.7. The number of aliphatic hydroxyl groups is 2. The van der Waals surface area contributed by atoms with Gasteiger partial charge in [0.05, 0.1) is 18.8 Å². The van der Waals surface area contributed by atoms with Gasteiger partial charge in [-0.2, -0.15) is 0 Å². The molecule has 0 saturated heterocycles. The van der Waals surface area contributed by atoms with E-state index in [4.69, 9.17) is 0 Å². The van der Waals surface area contributed by atoms with Crippen LogP contribution in [0.5, 0.6) is 0 Å². The fourth-order valence-corrected chi connectivity index (χ4v) is 6.83. The highest BCUT2D eigenvalue weighted by Crippen LogP contribution is 2.15. The lowest BCUT2D eigenvalue weighted by Crippen LogP contribution is -2.45. The van der Waals surface area contributed by atoms with Gasteiger partial charge in [-0.1, -0.05) is 222 Å². The quantitative estimate of drug-likeness (QED) is 0.0428. The molecule has 0 aliphatic rings. The molecule has 1 amide bonds. The third kappa shape index (κ3) is 42.8. The molecule has 0 saturated carbocycles. The molecule has 0 aromatic carbocycles. The van der Waals surface area contributed by atoms with Gasteiger partial charge in [0.1, 0.15) is 0 Å². The maximum atomic E-state index is 12.4. The third-order valence-corrected chi connectivity index (χ3v) is 10.4. The molecule has 0 fully saturated rings. The van der Waals surface area contributed by atoms with Gasteiger partial charge in [0, 0.05) is 6.42 Å². The number of hydrogen-bond donors (Lipinski definition) is 3. The maximum Gasteiger partial charge on any atom is 0.220 e. The predicted octanol–water partition coefficient (Wildman–Crippen LogP) is 15.1. The Morgan fingerprint density at radius 3 is 1.27 bits per heavy atom. The van der Waals surface area contributed by atoms with Gasteiger partial charge in [0.2, 0.25) is 5.91 Å². The summed E-state index contributed by atoms with van der Waals surface area (Å²) in [6, 6.07) is -0.645. The highest BCUT2D eigenvalue weighted by molar-refractivity contribution is 5.76. The largest absolute Gasteiger partial charge is 0.394 e. The van der Waals surface area contributed by atoms with E-state index in [1.165, 1.54) is 148 Å². The van der Waals surface area contributed by atoms with E-state index in [-0.39, 0.29) is 12.5 Å². The summed E-state index contributed by atoms with van der Waals surface area (Å²) < 4.78 is 0. The van der Waals surface area contributed by atoms with Crippen LogP contribution >= 0.6 is 0 Å². The first-order valence-electron chi connectivity index (χ1n) is 23.7. The first kappa shape index (κ1) is 52.8. The molecular weight excluding hydrogens is 675 g/mol. The van der Waals surface area contributed by atoms with Crippen LogP contribution in [-0.4, -0.2) is 34.9 Å². The zero-order valence-corrected chi connectivity index (χ0v) is 36.4. The second-order valence-electron chi connectivity index (χ2n) is 15.8. The van der Waals surface area contributed by atoms with Crippen LogP contribution in [0, 0.1) is 0 Å². The van der Waals surface area contributed by atoms with E-state index in [1.807, 2.05) is 6.08 Å². The van der Waals surface area contributed by atoms with Gasteiger partial charge < -0.3 is 15.5 Å². The Morgan fingerprint density at radius 2 is 0.818 bits per heavy atom. The summed E-state index contributed by atoms with van der Waals surface area (Å²) in [6.45, 7) is 4.19. The van der Waals surface area contributed by atoms with Crippen LogP contribution in [0.3, 0.4) is 0 Å². The van der Waals surface area contributed by atoms with Crippen LogP contribution in [0.15, 0.2) is 72.9 Å². The monoisotopic (exact) mass is 766 g/mol. The van der Waals surface area contributed by atoms with E-state index in [0.29, 0.717) is 6.42 Å². The molecule has 318 valence electrons. The standard InChI is InChI=1S/C51H91NO3/c1-3-5-7-9-11-13-15-17-19-21-23-25-26-27-29-31-33-35-37-39-41-43-45-47-51(55)52-49(48-53)50(54)46-44-42-40-38-36-34-32-30-28-24-22-20-18-16-14-12-10-8-6-4-2/h5,7,11,13,17,19,23,25,36,38,44,46,49-50,53-54H,3-4,6,8-10,12,14-16,18,20-22,24,26-35,37,39-43,45,47-48H2,1-2H3,(H,52,55)/b7-5-,13-11-,19-17-,25-23-,38-36+,46-44+.